The van der Waals surface area contributed by atoms with Crippen LogP contribution in [0.2, 0.25) is 0 Å². The van der Waals surface area contributed by atoms with Gasteiger partial charge >= 0.3 is 5.97 Å². The number of hydrogen-bond donors (Lipinski definition) is 0. The SMILES string of the molecule is CCOC(=O)C(F)C(OC)OC. The van der Waals surface area contributed by atoms with Crippen LogP contribution in [0.15, 0.2) is 0 Å². The Labute approximate surface area is 70.6 Å². The maximum Gasteiger partial charge on any atom is 0.346 e. The summed E-state index contributed by atoms with van der Waals surface area (Å²) >= 11 is 0. The predicted molar refractivity (Wildman–Crippen MR) is 39.3 cm³/mol. The number of ether oxygens (including phenoxy) is 3. The second-order valence-corrected chi connectivity index (χ2v) is 1.99. The molecule has 0 amide bonds. The van der Waals surface area contributed by atoms with Gasteiger partial charge in [0.25, 0.3) is 0 Å². The highest BCUT2D eigenvalue weighted by atomic mass is 19.1. The molecule has 1 atom stereocenters. The van der Waals surface area contributed by atoms with Crippen LogP contribution < -0.4 is 0 Å². The zero-order chi connectivity index (χ0) is 9.56. The molecule has 0 aromatic carbocycles. The predicted octanol–water partition coefficient (Wildman–Crippen LogP) is 0.506. The fourth-order valence-corrected chi connectivity index (χ4v) is 0.668. The highest BCUT2D eigenvalue weighted by Gasteiger charge is 2.29. The summed E-state index contributed by atoms with van der Waals surface area (Å²) in [5.41, 5.74) is 0. The molecule has 0 spiro atoms. The molecule has 72 valence electrons. The van der Waals surface area contributed by atoms with E-state index in [4.69, 9.17) is 0 Å². The van der Waals surface area contributed by atoms with Crippen LogP contribution in [0.3, 0.4) is 0 Å². The van der Waals surface area contributed by atoms with Crippen molar-refractivity contribution < 1.29 is 23.4 Å². The molecule has 0 rings (SSSR count). The molecule has 0 saturated heterocycles. The molecule has 0 aliphatic carbocycles. The Morgan fingerprint density at radius 2 is 1.92 bits per heavy atom. The molecule has 12 heavy (non-hydrogen) atoms. The topological polar surface area (TPSA) is 44.8 Å². The molecule has 0 aromatic rings. The smallest absolute Gasteiger partial charge is 0.346 e. The van der Waals surface area contributed by atoms with Crippen molar-refractivity contribution in [1.29, 1.82) is 0 Å². The number of carbonyl (C=O) groups is 1. The van der Waals surface area contributed by atoms with E-state index in [1.165, 1.54) is 14.2 Å². The summed E-state index contributed by atoms with van der Waals surface area (Å²) in [6.45, 7) is 1.73. The average Bonchev–Trinajstić information content (AvgIpc) is 2.07. The zero-order valence-corrected chi connectivity index (χ0v) is 7.37. The first-order chi connectivity index (χ1) is 5.67. The van der Waals surface area contributed by atoms with Gasteiger partial charge in [0.1, 0.15) is 0 Å². The average molecular weight is 180 g/mol. The van der Waals surface area contributed by atoms with E-state index in [0.29, 0.717) is 0 Å². The lowest BCUT2D eigenvalue weighted by atomic mass is 10.4. The lowest BCUT2D eigenvalue weighted by Gasteiger charge is -2.16. The van der Waals surface area contributed by atoms with Crippen molar-refractivity contribution in [1.82, 2.24) is 0 Å². The van der Waals surface area contributed by atoms with Crippen molar-refractivity contribution in [2.24, 2.45) is 0 Å². The van der Waals surface area contributed by atoms with Gasteiger partial charge in [-0.05, 0) is 6.92 Å². The summed E-state index contributed by atoms with van der Waals surface area (Å²) in [6.07, 6.45) is -3.08. The Morgan fingerprint density at radius 3 is 2.25 bits per heavy atom. The van der Waals surface area contributed by atoms with E-state index in [1.54, 1.807) is 6.92 Å². The molecule has 0 aliphatic heterocycles. The van der Waals surface area contributed by atoms with Gasteiger partial charge in [0.15, 0.2) is 6.29 Å². The third-order valence-corrected chi connectivity index (χ3v) is 1.22. The summed E-state index contributed by atoms with van der Waals surface area (Å²) in [5, 5.41) is 0. The maximum atomic E-state index is 12.9. The summed E-state index contributed by atoms with van der Waals surface area (Å²) in [7, 11) is 2.50. The van der Waals surface area contributed by atoms with Crippen molar-refractivity contribution in [2.45, 2.75) is 19.4 Å². The van der Waals surface area contributed by atoms with E-state index in [-0.39, 0.29) is 6.61 Å². The standard InChI is InChI=1S/C7H13FO4/c1-4-12-6(9)5(8)7(10-2)11-3/h5,7H,4H2,1-3H3. The van der Waals surface area contributed by atoms with Crippen LogP contribution in [0.1, 0.15) is 6.92 Å². The van der Waals surface area contributed by atoms with E-state index in [2.05, 4.69) is 14.2 Å². The molecular formula is C7H13FO4. The van der Waals surface area contributed by atoms with Crippen molar-refractivity contribution in [3.05, 3.63) is 0 Å². The summed E-state index contributed by atoms with van der Waals surface area (Å²) in [5.74, 6) is -0.966. The van der Waals surface area contributed by atoms with E-state index in [9.17, 15) is 9.18 Å². The Balaban J connectivity index is 3.96. The van der Waals surface area contributed by atoms with Gasteiger partial charge in [-0.3, -0.25) is 0 Å². The van der Waals surface area contributed by atoms with Gasteiger partial charge in [0.05, 0.1) is 6.61 Å². The van der Waals surface area contributed by atoms with E-state index in [1.807, 2.05) is 0 Å². The molecular weight excluding hydrogens is 167 g/mol. The van der Waals surface area contributed by atoms with Crippen LogP contribution in [0.25, 0.3) is 0 Å². The molecule has 0 saturated carbocycles. The molecule has 4 nitrogen and oxygen atoms in total. The Kier molecular flexibility index (Phi) is 5.57. The largest absolute Gasteiger partial charge is 0.464 e. The van der Waals surface area contributed by atoms with E-state index < -0.39 is 18.4 Å². The molecule has 0 heterocycles. The number of alkyl halides is 1. The quantitative estimate of drug-likeness (QED) is 0.456. The van der Waals surface area contributed by atoms with Gasteiger partial charge in [0.2, 0.25) is 6.17 Å². The first kappa shape index (κ1) is 11.3. The highest BCUT2D eigenvalue weighted by Crippen LogP contribution is 2.05. The van der Waals surface area contributed by atoms with Crippen LogP contribution in [-0.4, -0.2) is 39.3 Å². The number of carbonyl (C=O) groups excluding carboxylic acids is 1. The minimum absolute atomic E-state index is 0.138. The van der Waals surface area contributed by atoms with Gasteiger partial charge in [-0.2, -0.15) is 0 Å². The van der Waals surface area contributed by atoms with E-state index in [0.717, 1.165) is 0 Å². The lowest BCUT2D eigenvalue weighted by molar-refractivity contribution is -0.179. The molecule has 5 heteroatoms. The number of rotatable bonds is 5. The van der Waals surface area contributed by atoms with Crippen LogP contribution in [0.4, 0.5) is 4.39 Å². The molecule has 0 aromatic heterocycles. The Bertz CT molecular complexity index is 135. The molecule has 0 bridgehead atoms. The number of methoxy groups -OCH3 is 2. The Hall–Kier alpha value is -0.680. The molecule has 0 aliphatic rings. The highest BCUT2D eigenvalue weighted by molar-refractivity contribution is 5.74. The van der Waals surface area contributed by atoms with E-state index >= 15 is 0 Å². The zero-order valence-electron chi connectivity index (χ0n) is 7.37. The number of hydrogen-bond acceptors (Lipinski definition) is 4. The fraction of sp³-hybridized carbons (Fsp3) is 0.857. The minimum Gasteiger partial charge on any atom is -0.464 e. The van der Waals surface area contributed by atoms with Crippen LogP contribution in [0.5, 0.6) is 0 Å². The van der Waals surface area contributed by atoms with Crippen molar-refractivity contribution in [3.63, 3.8) is 0 Å². The maximum absolute atomic E-state index is 12.9. The first-order valence-electron chi connectivity index (χ1n) is 3.53. The van der Waals surface area contributed by atoms with Gasteiger partial charge in [-0.1, -0.05) is 0 Å². The minimum atomic E-state index is -1.89. The van der Waals surface area contributed by atoms with Crippen LogP contribution in [-0.2, 0) is 19.0 Å². The van der Waals surface area contributed by atoms with Crippen molar-refractivity contribution in [2.75, 3.05) is 20.8 Å². The normalized spacial score (nSPS) is 13.1. The summed E-state index contributed by atoms with van der Waals surface area (Å²) < 4.78 is 26.4. The molecule has 0 radical (unpaired) electrons. The monoisotopic (exact) mass is 180 g/mol. The van der Waals surface area contributed by atoms with Gasteiger partial charge in [-0.15, -0.1) is 0 Å². The second-order valence-electron chi connectivity index (χ2n) is 1.99. The summed E-state index contributed by atoms with van der Waals surface area (Å²) in [6, 6.07) is 0. The molecule has 1 unspecified atom stereocenters. The van der Waals surface area contributed by atoms with Gasteiger partial charge in [0, 0.05) is 14.2 Å². The van der Waals surface area contributed by atoms with Crippen LogP contribution in [0, 0.1) is 0 Å². The Morgan fingerprint density at radius 1 is 1.42 bits per heavy atom. The lowest BCUT2D eigenvalue weighted by Crippen LogP contribution is -2.34. The van der Waals surface area contributed by atoms with Gasteiger partial charge < -0.3 is 14.2 Å². The summed E-state index contributed by atoms with van der Waals surface area (Å²) in [4.78, 5) is 10.7. The van der Waals surface area contributed by atoms with Crippen LogP contribution >= 0.6 is 0 Å². The van der Waals surface area contributed by atoms with Crippen molar-refractivity contribution in [3.8, 4) is 0 Å². The number of esters is 1. The molecule has 0 fully saturated rings. The first-order valence-corrected chi connectivity index (χ1v) is 3.53. The molecule has 0 N–H and O–H groups in total. The van der Waals surface area contributed by atoms with Gasteiger partial charge in [-0.25, -0.2) is 9.18 Å². The van der Waals surface area contributed by atoms with Crippen molar-refractivity contribution >= 4 is 5.97 Å². The second kappa shape index (κ2) is 5.91. The number of halogens is 1. The fourth-order valence-electron chi connectivity index (χ4n) is 0.668. The third kappa shape index (κ3) is 3.15. The third-order valence-electron chi connectivity index (χ3n) is 1.22.